The van der Waals surface area contributed by atoms with Crippen LogP contribution in [0.25, 0.3) is 11.6 Å². The number of hydrogen-bond acceptors (Lipinski definition) is 5. The van der Waals surface area contributed by atoms with Crippen LogP contribution < -0.4 is 4.90 Å². The van der Waals surface area contributed by atoms with Crippen molar-refractivity contribution < 1.29 is 19.1 Å². The molecule has 0 fully saturated rings. The van der Waals surface area contributed by atoms with Crippen molar-refractivity contribution in [3.8, 4) is 0 Å². The van der Waals surface area contributed by atoms with Crippen molar-refractivity contribution in [1.82, 2.24) is 0 Å². The molecule has 0 spiro atoms. The maximum Gasteiger partial charge on any atom is 0.330 e. The molecule has 0 aromatic heterocycles. The first kappa shape index (κ1) is 30.5. The van der Waals surface area contributed by atoms with E-state index in [9.17, 15) is 9.59 Å². The lowest BCUT2D eigenvalue weighted by Crippen LogP contribution is -2.12. The molecule has 0 aliphatic heterocycles. The van der Waals surface area contributed by atoms with Crippen molar-refractivity contribution in [1.29, 1.82) is 0 Å². The second-order valence-corrected chi connectivity index (χ2v) is 10.1. The van der Waals surface area contributed by atoms with Crippen LogP contribution in [0, 0.1) is 0 Å². The number of anilines is 3. The zero-order valence-electron chi connectivity index (χ0n) is 24.8. The molecule has 0 aliphatic rings. The summed E-state index contributed by atoms with van der Waals surface area (Å²) in [6.45, 7) is 6.95. The summed E-state index contributed by atoms with van der Waals surface area (Å²) >= 11 is 0. The fourth-order valence-corrected chi connectivity index (χ4v) is 4.92. The minimum Gasteiger partial charge on any atom is -0.458 e. The van der Waals surface area contributed by atoms with Crippen LogP contribution in [0.15, 0.2) is 159 Å². The van der Waals surface area contributed by atoms with Crippen molar-refractivity contribution in [3.05, 3.63) is 187 Å². The Bertz CT molecular complexity index is 1750. The monoisotopic (exact) mass is 591 g/mol. The number of esters is 2. The number of benzene rings is 5. The van der Waals surface area contributed by atoms with E-state index in [2.05, 4.69) is 72.7 Å². The third-order valence-electron chi connectivity index (χ3n) is 7.17. The molecular formula is C40H33NO4. The Balaban J connectivity index is 1.53. The summed E-state index contributed by atoms with van der Waals surface area (Å²) < 4.78 is 10.7. The average Bonchev–Trinajstić information content (AvgIpc) is 3.10. The van der Waals surface area contributed by atoms with E-state index in [0.717, 1.165) is 51.5 Å². The normalized spacial score (nSPS) is 10.3. The van der Waals surface area contributed by atoms with Crippen LogP contribution in [-0.4, -0.2) is 11.9 Å². The lowest BCUT2D eigenvalue weighted by Gasteiger charge is -2.26. The highest BCUT2D eigenvalue weighted by Gasteiger charge is 2.16. The van der Waals surface area contributed by atoms with Crippen LogP contribution in [0.3, 0.4) is 0 Å². The van der Waals surface area contributed by atoms with Crippen molar-refractivity contribution in [2.75, 3.05) is 4.90 Å². The summed E-state index contributed by atoms with van der Waals surface area (Å²) in [5, 5.41) is 0. The Labute approximate surface area is 264 Å². The van der Waals surface area contributed by atoms with Gasteiger partial charge < -0.3 is 14.4 Å². The van der Waals surface area contributed by atoms with Gasteiger partial charge in [-0.25, -0.2) is 9.59 Å². The van der Waals surface area contributed by atoms with Crippen LogP contribution in [-0.2, 0) is 32.3 Å². The van der Waals surface area contributed by atoms with Crippen molar-refractivity contribution in [2.45, 2.75) is 13.2 Å². The van der Waals surface area contributed by atoms with Crippen LogP contribution in [0.1, 0.15) is 27.8 Å². The first-order chi connectivity index (χ1) is 22.1. The van der Waals surface area contributed by atoms with Gasteiger partial charge in [0.25, 0.3) is 0 Å². The van der Waals surface area contributed by atoms with Gasteiger partial charge in [0.05, 0.1) is 0 Å². The van der Waals surface area contributed by atoms with Gasteiger partial charge in [-0.1, -0.05) is 110 Å². The molecule has 0 saturated heterocycles. The molecule has 5 heteroatoms. The fraction of sp³-hybridized carbons (Fsp3) is 0.0500. The molecule has 0 bridgehead atoms. The number of rotatable bonds is 12. The average molecular weight is 592 g/mol. The van der Waals surface area contributed by atoms with Crippen LogP contribution in [0.4, 0.5) is 17.1 Å². The van der Waals surface area contributed by atoms with Gasteiger partial charge in [0.15, 0.2) is 0 Å². The third-order valence-corrected chi connectivity index (χ3v) is 7.17. The van der Waals surface area contributed by atoms with Crippen LogP contribution in [0.5, 0.6) is 0 Å². The molecule has 0 heterocycles. The second-order valence-electron chi connectivity index (χ2n) is 10.1. The second kappa shape index (κ2) is 15.0. The SMILES string of the molecule is C=CC(=O)OCc1ccc(N(c2ccccc2)c2ccc(C=C(c3ccccc3)c3ccccc3)cc2)cc1COC(=O)C=C. The molecule has 0 N–H and O–H groups in total. The lowest BCUT2D eigenvalue weighted by molar-refractivity contribution is -0.140. The standard InChI is InChI=1S/C40H33NO4/c1-3-39(42)44-28-33-22-25-37(27-34(33)29-45-40(43)4-2)41(35-18-12-7-13-19-35)36-23-20-30(21-24-36)26-38(31-14-8-5-9-15-31)32-16-10-6-11-17-32/h3-27H,1-2,28-29H2. The van der Waals surface area contributed by atoms with Gasteiger partial charge >= 0.3 is 11.9 Å². The summed E-state index contributed by atoms with van der Waals surface area (Å²) in [5.41, 5.74) is 8.64. The summed E-state index contributed by atoms with van der Waals surface area (Å²) in [5.74, 6) is -1.07. The predicted octanol–water partition coefficient (Wildman–Crippen LogP) is 9.20. The number of carbonyl (C=O) groups is 2. The van der Waals surface area contributed by atoms with Gasteiger partial charge in [-0.05, 0) is 75.9 Å². The summed E-state index contributed by atoms with van der Waals surface area (Å²) in [7, 11) is 0. The van der Waals surface area contributed by atoms with Gasteiger partial charge in [-0.2, -0.15) is 0 Å². The lowest BCUT2D eigenvalue weighted by atomic mass is 9.95. The van der Waals surface area contributed by atoms with Crippen molar-refractivity contribution in [2.24, 2.45) is 0 Å². The Hall–Kier alpha value is -5.94. The smallest absolute Gasteiger partial charge is 0.330 e. The molecule has 5 rings (SSSR count). The number of carbonyl (C=O) groups excluding carboxylic acids is 2. The molecule has 45 heavy (non-hydrogen) atoms. The Kier molecular flexibility index (Phi) is 10.2. The van der Waals surface area contributed by atoms with E-state index in [1.807, 2.05) is 84.9 Å². The predicted molar refractivity (Wildman–Crippen MR) is 181 cm³/mol. The van der Waals surface area contributed by atoms with Gasteiger partial charge in [0.1, 0.15) is 13.2 Å². The molecule has 5 aromatic rings. The highest BCUT2D eigenvalue weighted by molar-refractivity contribution is 5.91. The van der Waals surface area contributed by atoms with E-state index in [-0.39, 0.29) is 13.2 Å². The number of para-hydroxylation sites is 1. The molecule has 0 aliphatic carbocycles. The molecule has 0 radical (unpaired) electrons. The quantitative estimate of drug-likeness (QED) is 0.0822. The zero-order valence-corrected chi connectivity index (χ0v) is 24.8. The highest BCUT2D eigenvalue weighted by Crippen LogP contribution is 2.36. The topological polar surface area (TPSA) is 55.8 Å². The third kappa shape index (κ3) is 7.92. The minimum absolute atomic E-state index is 0.00617. The molecule has 5 aromatic carbocycles. The largest absolute Gasteiger partial charge is 0.458 e. The van der Waals surface area contributed by atoms with Crippen LogP contribution >= 0.6 is 0 Å². The first-order valence-electron chi connectivity index (χ1n) is 14.5. The van der Waals surface area contributed by atoms with Crippen molar-refractivity contribution in [3.63, 3.8) is 0 Å². The molecule has 0 amide bonds. The van der Waals surface area contributed by atoms with E-state index in [4.69, 9.17) is 9.47 Å². The fourth-order valence-electron chi connectivity index (χ4n) is 4.92. The minimum atomic E-state index is -0.539. The van der Waals surface area contributed by atoms with E-state index < -0.39 is 11.9 Å². The zero-order chi connectivity index (χ0) is 31.4. The Morgan fingerprint density at radius 1 is 0.556 bits per heavy atom. The first-order valence-corrected chi connectivity index (χ1v) is 14.5. The molecule has 0 unspecified atom stereocenters. The number of ether oxygens (including phenoxy) is 2. The summed E-state index contributed by atoms with van der Waals surface area (Å²) in [6, 6.07) is 44.9. The molecule has 5 nitrogen and oxygen atoms in total. The maximum atomic E-state index is 11.9. The Morgan fingerprint density at radius 2 is 1.02 bits per heavy atom. The van der Waals surface area contributed by atoms with Gasteiger partial charge in [0.2, 0.25) is 0 Å². The molecular weight excluding hydrogens is 558 g/mol. The number of hydrogen-bond donors (Lipinski definition) is 0. The highest BCUT2D eigenvalue weighted by atomic mass is 16.5. The Morgan fingerprint density at radius 3 is 1.56 bits per heavy atom. The number of nitrogens with zero attached hydrogens (tertiary/aromatic N) is 1. The summed E-state index contributed by atoms with van der Waals surface area (Å²) in [4.78, 5) is 25.8. The summed E-state index contributed by atoms with van der Waals surface area (Å²) in [6.07, 6.45) is 4.44. The molecule has 0 atom stereocenters. The van der Waals surface area contributed by atoms with E-state index in [1.165, 1.54) is 0 Å². The van der Waals surface area contributed by atoms with E-state index >= 15 is 0 Å². The van der Waals surface area contributed by atoms with Gasteiger partial charge in [-0.3, -0.25) is 0 Å². The van der Waals surface area contributed by atoms with Crippen molar-refractivity contribution >= 4 is 40.6 Å². The van der Waals surface area contributed by atoms with Gasteiger partial charge in [0, 0.05) is 29.2 Å². The van der Waals surface area contributed by atoms with Crippen LogP contribution in [0.2, 0.25) is 0 Å². The van der Waals surface area contributed by atoms with Gasteiger partial charge in [-0.15, -0.1) is 0 Å². The van der Waals surface area contributed by atoms with E-state index in [1.54, 1.807) is 0 Å². The maximum absolute atomic E-state index is 11.9. The molecule has 0 saturated carbocycles. The van der Waals surface area contributed by atoms with E-state index in [0.29, 0.717) is 11.1 Å². The molecule has 222 valence electrons.